The smallest absolute Gasteiger partial charge is 0.263 e. The van der Waals surface area contributed by atoms with E-state index in [1.54, 1.807) is 0 Å². The Balaban J connectivity index is 2.49. The van der Waals surface area contributed by atoms with E-state index in [2.05, 4.69) is 21.9 Å². The third-order valence-electron chi connectivity index (χ3n) is 2.57. The van der Waals surface area contributed by atoms with Crippen molar-refractivity contribution in [3.63, 3.8) is 0 Å². The Kier molecular flexibility index (Phi) is 6.57. The maximum Gasteiger partial charge on any atom is 0.263 e. The lowest BCUT2D eigenvalue weighted by Crippen LogP contribution is -2.34. The lowest BCUT2D eigenvalue weighted by Gasteiger charge is -2.04. The summed E-state index contributed by atoms with van der Waals surface area (Å²) >= 11 is 1.41. The highest BCUT2D eigenvalue weighted by molar-refractivity contribution is 7.88. The highest BCUT2D eigenvalue weighted by atomic mass is 32.2. The Morgan fingerprint density at radius 1 is 1.35 bits per heavy atom. The van der Waals surface area contributed by atoms with Crippen molar-refractivity contribution in [2.45, 2.75) is 33.1 Å². The van der Waals surface area contributed by atoms with Crippen LogP contribution in [0, 0.1) is 6.92 Å². The molecule has 114 valence electrons. The number of thiazole rings is 1. The monoisotopic (exact) mass is 319 g/mol. The maximum atomic E-state index is 12.0. The van der Waals surface area contributed by atoms with Gasteiger partial charge in [-0.3, -0.25) is 4.79 Å². The Hall–Kier alpha value is -0.990. The molecule has 0 aliphatic rings. The van der Waals surface area contributed by atoms with Gasteiger partial charge < -0.3 is 5.32 Å². The summed E-state index contributed by atoms with van der Waals surface area (Å²) in [5.41, 5.74) is 0.731. The van der Waals surface area contributed by atoms with Gasteiger partial charge in [0, 0.05) is 13.1 Å². The van der Waals surface area contributed by atoms with E-state index in [4.69, 9.17) is 0 Å². The number of aromatic nitrogens is 1. The maximum absolute atomic E-state index is 12.0. The molecule has 1 rings (SSSR count). The molecule has 0 saturated heterocycles. The molecule has 20 heavy (non-hydrogen) atoms. The molecule has 0 fully saturated rings. The fraction of sp³-hybridized carbons (Fsp3) is 0.667. The van der Waals surface area contributed by atoms with Gasteiger partial charge in [-0.05, 0) is 19.8 Å². The van der Waals surface area contributed by atoms with Crippen LogP contribution in [0.3, 0.4) is 0 Å². The van der Waals surface area contributed by atoms with Gasteiger partial charge in [-0.25, -0.2) is 18.1 Å². The molecule has 0 saturated carbocycles. The molecule has 2 N–H and O–H groups in total. The first kappa shape index (κ1) is 17.1. The van der Waals surface area contributed by atoms with Gasteiger partial charge in [0.2, 0.25) is 10.0 Å². The second kappa shape index (κ2) is 7.70. The molecule has 0 radical (unpaired) electrons. The molecule has 1 heterocycles. The van der Waals surface area contributed by atoms with E-state index in [0.29, 0.717) is 4.88 Å². The third-order valence-corrected chi connectivity index (χ3v) is 4.51. The highest BCUT2D eigenvalue weighted by Crippen LogP contribution is 2.19. The quantitative estimate of drug-likeness (QED) is 0.702. The molecule has 1 aromatic rings. The zero-order chi connectivity index (χ0) is 15.2. The van der Waals surface area contributed by atoms with Crippen LogP contribution < -0.4 is 10.0 Å². The molecule has 1 amide bonds. The molecule has 0 aromatic carbocycles. The number of aryl methyl sites for hydroxylation is 2. The minimum atomic E-state index is -3.21. The van der Waals surface area contributed by atoms with Crippen molar-refractivity contribution >= 4 is 27.3 Å². The minimum Gasteiger partial charge on any atom is -0.350 e. The Labute approximate surface area is 124 Å². The fourth-order valence-electron chi connectivity index (χ4n) is 1.59. The molecule has 0 aliphatic heterocycles. The molecule has 0 spiro atoms. The van der Waals surface area contributed by atoms with Crippen LogP contribution in [0.4, 0.5) is 0 Å². The van der Waals surface area contributed by atoms with Crippen molar-refractivity contribution in [1.82, 2.24) is 15.0 Å². The predicted octanol–water partition coefficient (Wildman–Crippen LogP) is 1.07. The zero-order valence-corrected chi connectivity index (χ0v) is 13.7. The first-order valence-corrected chi connectivity index (χ1v) is 9.23. The average Bonchev–Trinajstić information content (AvgIpc) is 2.72. The van der Waals surface area contributed by atoms with Crippen molar-refractivity contribution < 1.29 is 13.2 Å². The van der Waals surface area contributed by atoms with Gasteiger partial charge in [-0.1, -0.05) is 13.3 Å². The van der Waals surface area contributed by atoms with Gasteiger partial charge in [-0.15, -0.1) is 11.3 Å². The van der Waals surface area contributed by atoms with Crippen LogP contribution in [-0.2, 0) is 16.4 Å². The van der Waals surface area contributed by atoms with Gasteiger partial charge in [0.25, 0.3) is 5.91 Å². The normalized spacial score (nSPS) is 11.6. The number of rotatable bonds is 8. The summed E-state index contributed by atoms with van der Waals surface area (Å²) in [5.74, 6) is -0.196. The van der Waals surface area contributed by atoms with Gasteiger partial charge >= 0.3 is 0 Å². The van der Waals surface area contributed by atoms with Crippen LogP contribution in [-0.4, -0.2) is 38.7 Å². The molecule has 0 aliphatic carbocycles. The van der Waals surface area contributed by atoms with Crippen LogP contribution in [0.2, 0.25) is 0 Å². The number of hydrogen-bond acceptors (Lipinski definition) is 5. The Morgan fingerprint density at radius 3 is 2.65 bits per heavy atom. The van der Waals surface area contributed by atoms with Crippen LogP contribution >= 0.6 is 11.3 Å². The summed E-state index contributed by atoms with van der Waals surface area (Å²) in [4.78, 5) is 16.9. The zero-order valence-electron chi connectivity index (χ0n) is 12.0. The minimum absolute atomic E-state index is 0.186. The Morgan fingerprint density at radius 2 is 2.05 bits per heavy atom. The predicted molar refractivity (Wildman–Crippen MR) is 80.6 cm³/mol. The molecule has 0 atom stereocenters. The SMILES string of the molecule is CCCCc1nc(C)c(C(=O)NCCNS(C)(=O)=O)s1. The average molecular weight is 319 g/mol. The van der Waals surface area contributed by atoms with Gasteiger partial charge in [-0.2, -0.15) is 0 Å². The number of hydrogen-bond donors (Lipinski definition) is 2. The molecule has 1 aromatic heterocycles. The van der Waals surface area contributed by atoms with E-state index in [1.807, 2.05) is 6.92 Å². The number of amides is 1. The van der Waals surface area contributed by atoms with E-state index < -0.39 is 10.0 Å². The van der Waals surface area contributed by atoms with Gasteiger partial charge in [0.05, 0.1) is 17.0 Å². The van der Waals surface area contributed by atoms with E-state index in [9.17, 15) is 13.2 Å². The number of unbranched alkanes of at least 4 members (excludes halogenated alkanes) is 1. The number of nitrogens with one attached hydrogen (secondary N) is 2. The molecule has 8 heteroatoms. The first-order valence-electron chi connectivity index (χ1n) is 6.52. The third kappa shape index (κ3) is 5.98. The summed E-state index contributed by atoms with van der Waals surface area (Å²) in [6.07, 6.45) is 4.14. The number of nitrogens with zero attached hydrogens (tertiary/aromatic N) is 1. The summed E-state index contributed by atoms with van der Waals surface area (Å²) in [6.45, 7) is 4.37. The van der Waals surface area contributed by atoms with Crippen molar-refractivity contribution in [3.8, 4) is 0 Å². The lowest BCUT2D eigenvalue weighted by atomic mass is 10.3. The fourth-order valence-corrected chi connectivity index (χ4v) is 3.09. The lowest BCUT2D eigenvalue weighted by molar-refractivity contribution is 0.0957. The Bertz CT molecular complexity index is 552. The van der Waals surface area contributed by atoms with Crippen LogP contribution in [0.5, 0.6) is 0 Å². The van der Waals surface area contributed by atoms with Crippen molar-refractivity contribution in [3.05, 3.63) is 15.6 Å². The van der Waals surface area contributed by atoms with E-state index in [1.165, 1.54) is 11.3 Å². The van der Waals surface area contributed by atoms with Crippen LogP contribution in [0.15, 0.2) is 0 Å². The van der Waals surface area contributed by atoms with Gasteiger partial charge in [0.1, 0.15) is 4.88 Å². The van der Waals surface area contributed by atoms with E-state index in [-0.39, 0.29) is 19.0 Å². The van der Waals surface area contributed by atoms with E-state index in [0.717, 1.165) is 36.2 Å². The van der Waals surface area contributed by atoms with Crippen LogP contribution in [0.25, 0.3) is 0 Å². The second-order valence-corrected chi connectivity index (χ2v) is 7.46. The van der Waals surface area contributed by atoms with Crippen molar-refractivity contribution in [2.75, 3.05) is 19.3 Å². The number of carbonyl (C=O) groups excluding carboxylic acids is 1. The molecular formula is C12H21N3O3S2. The van der Waals surface area contributed by atoms with E-state index >= 15 is 0 Å². The summed E-state index contributed by atoms with van der Waals surface area (Å²) in [6, 6.07) is 0. The standard InChI is InChI=1S/C12H21N3O3S2/c1-4-5-6-10-15-9(2)11(19-10)12(16)13-7-8-14-20(3,17)18/h14H,4-8H2,1-3H3,(H,13,16). The topological polar surface area (TPSA) is 88.2 Å². The molecule has 0 bridgehead atoms. The highest BCUT2D eigenvalue weighted by Gasteiger charge is 2.14. The molecule has 0 unspecified atom stereocenters. The largest absolute Gasteiger partial charge is 0.350 e. The van der Waals surface area contributed by atoms with Crippen molar-refractivity contribution in [2.24, 2.45) is 0 Å². The molecular weight excluding hydrogens is 298 g/mol. The molecule has 6 nitrogen and oxygen atoms in total. The number of sulfonamides is 1. The summed E-state index contributed by atoms with van der Waals surface area (Å²) < 4.78 is 24.1. The van der Waals surface area contributed by atoms with Gasteiger partial charge in [0.15, 0.2) is 0 Å². The van der Waals surface area contributed by atoms with Crippen molar-refractivity contribution in [1.29, 1.82) is 0 Å². The summed E-state index contributed by atoms with van der Waals surface area (Å²) in [5, 5.41) is 3.66. The first-order chi connectivity index (χ1) is 9.33. The number of carbonyl (C=O) groups is 1. The van der Waals surface area contributed by atoms with Crippen LogP contribution in [0.1, 0.15) is 40.1 Å². The second-order valence-electron chi connectivity index (χ2n) is 4.55. The summed E-state index contributed by atoms with van der Waals surface area (Å²) in [7, 11) is -3.21.